The van der Waals surface area contributed by atoms with Gasteiger partial charge in [0.15, 0.2) is 5.96 Å². The van der Waals surface area contributed by atoms with Crippen LogP contribution in [0.5, 0.6) is 0 Å². The molecule has 1 saturated heterocycles. The number of benzene rings is 1. The third-order valence-electron chi connectivity index (χ3n) is 5.24. The molecular weight excluding hydrogens is 519 g/mol. The number of nitrogens with one attached hydrogen (secondary N) is 2. The van der Waals surface area contributed by atoms with Gasteiger partial charge in [-0.15, -0.1) is 24.0 Å². The molecule has 0 amide bonds. The summed E-state index contributed by atoms with van der Waals surface area (Å²) in [5.41, 5.74) is 1.39. The van der Waals surface area contributed by atoms with Gasteiger partial charge in [-0.25, -0.2) is 0 Å². The Kier molecular flexibility index (Phi) is 17.7. The molecule has 1 aromatic carbocycles. The van der Waals surface area contributed by atoms with Crippen LogP contribution in [0.15, 0.2) is 35.3 Å². The molecule has 0 spiro atoms. The molecule has 184 valence electrons. The number of ether oxygens (including phenoxy) is 3. The molecule has 0 saturated carbocycles. The van der Waals surface area contributed by atoms with Crippen LogP contribution in [0.3, 0.4) is 0 Å². The first kappa shape index (κ1) is 29.1. The summed E-state index contributed by atoms with van der Waals surface area (Å²) < 4.78 is 16.5. The summed E-state index contributed by atoms with van der Waals surface area (Å²) in [6.07, 6.45) is 4.53. The molecule has 0 bridgehead atoms. The second-order valence-corrected chi connectivity index (χ2v) is 7.83. The van der Waals surface area contributed by atoms with Crippen molar-refractivity contribution in [1.29, 1.82) is 0 Å². The number of guanidine groups is 1. The lowest BCUT2D eigenvalue weighted by Gasteiger charge is -2.32. The molecule has 1 aliphatic rings. The first-order valence-electron chi connectivity index (χ1n) is 11.8. The van der Waals surface area contributed by atoms with Gasteiger partial charge in [0.1, 0.15) is 0 Å². The van der Waals surface area contributed by atoms with Crippen molar-refractivity contribution in [3.05, 3.63) is 35.9 Å². The second kappa shape index (κ2) is 19.5. The Morgan fingerprint density at radius 1 is 1.03 bits per heavy atom. The van der Waals surface area contributed by atoms with E-state index in [2.05, 4.69) is 57.8 Å². The molecule has 0 aromatic heterocycles. The zero-order valence-electron chi connectivity index (χ0n) is 19.9. The standard InChI is InChI=1S/C24H42N4O3.HI/c1-3-25-24(26-13-7-17-30-20-19-29-2)27-14-8-18-31-23-11-15-28(16-12-23)21-22-9-5-4-6-10-22;/h4-6,9-10,23H,3,7-8,11-21H2,1-2H3,(H2,25,26,27);1H. The van der Waals surface area contributed by atoms with Crippen LogP contribution < -0.4 is 10.6 Å². The Morgan fingerprint density at radius 2 is 1.81 bits per heavy atom. The van der Waals surface area contributed by atoms with Gasteiger partial charge in [0.25, 0.3) is 0 Å². The predicted octanol–water partition coefficient (Wildman–Crippen LogP) is 3.28. The van der Waals surface area contributed by atoms with E-state index in [0.29, 0.717) is 25.9 Å². The van der Waals surface area contributed by atoms with E-state index in [1.165, 1.54) is 5.56 Å². The molecular formula is C24H43IN4O3. The molecule has 32 heavy (non-hydrogen) atoms. The average molecular weight is 563 g/mol. The Balaban J connectivity index is 0.00000512. The Labute approximate surface area is 211 Å². The van der Waals surface area contributed by atoms with Crippen molar-refractivity contribution in [1.82, 2.24) is 15.5 Å². The summed E-state index contributed by atoms with van der Waals surface area (Å²) in [6.45, 7) is 10.6. The van der Waals surface area contributed by atoms with Gasteiger partial charge in [-0.1, -0.05) is 30.3 Å². The first-order chi connectivity index (χ1) is 15.3. The van der Waals surface area contributed by atoms with E-state index in [-0.39, 0.29) is 24.0 Å². The van der Waals surface area contributed by atoms with Gasteiger partial charge in [-0.3, -0.25) is 9.89 Å². The summed E-state index contributed by atoms with van der Waals surface area (Å²) in [4.78, 5) is 7.12. The van der Waals surface area contributed by atoms with Crippen molar-refractivity contribution in [2.45, 2.75) is 45.3 Å². The van der Waals surface area contributed by atoms with Crippen molar-refractivity contribution in [3.63, 3.8) is 0 Å². The Morgan fingerprint density at radius 3 is 2.53 bits per heavy atom. The maximum atomic E-state index is 6.11. The number of hydrogen-bond acceptors (Lipinski definition) is 5. The van der Waals surface area contributed by atoms with Gasteiger partial charge >= 0.3 is 0 Å². The van der Waals surface area contributed by atoms with Crippen molar-refractivity contribution < 1.29 is 14.2 Å². The smallest absolute Gasteiger partial charge is 0.191 e. The summed E-state index contributed by atoms with van der Waals surface area (Å²) in [6, 6.07) is 10.7. The molecule has 1 aliphatic heterocycles. The van der Waals surface area contributed by atoms with Crippen LogP contribution in [0, 0.1) is 0 Å². The number of aliphatic imine (C=N–C) groups is 1. The lowest BCUT2D eigenvalue weighted by Crippen LogP contribution is -2.39. The highest BCUT2D eigenvalue weighted by Crippen LogP contribution is 2.16. The minimum absolute atomic E-state index is 0. The minimum Gasteiger partial charge on any atom is -0.382 e. The van der Waals surface area contributed by atoms with E-state index < -0.39 is 0 Å². The molecule has 0 atom stereocenters. The van der Waals surface area contributed by atoms with Gasteiger partial charge in [-0.05, 0) is 38.2 Å². The van der Waals surface area contributed by atoms with Crippen LogP contribution >= 0.6 is 24.0 Å². The highest BCUT2D eigenvalue weighted by molar-refractivity contribution is 14.0. The second-order valence-electron chi connectivity index (χ2n) is 7.83. The lowest BCUT2D eigenvalue weighted by atomic mass is 10.1. The highest BCUT2D eigenvalue weighted by Gasteiger charge is 2.19. The highest BCUT2D eigenvalue weighted by atomic mass is 127. The molecule has 0 aliphatic carbocycles. The van der Waals surface area contributed by atoms with Gasteiger partial charge in [0, 0.05) is 59.6 Å². The van der Waals surface area contributed by atoms with Crippen LogP contribution in [0.4, 0.5) is 0 Å². The maximum Gasteiger partial charge on any atom is 0.191 e. The molecule has 0 radical (unpaired) electrons. The number of hydrogen-bond donors (Lipinski definition) is 2. The van der Waals surface area contributed by atoms with Crippen LogP contribution in [0.1, 0.15) is 38.2 Å². The number of likely N-dealkylation sites (tertiary alicyclic amines) is 1. The van der Waals surface area contributed by atoms with E-state index in [1.54, 1.807) is 7.11 Å². The molecule has 2 rings (SSSR count). The summed E-state index contributed by atoms with van der Waals surface area (Å²) in [7, 11) is 1.68. The Bertz CT molecular complexity index is 584. The van der Waals surface area contributed by atoms with E-state index >= 15 is 0 Å². The van der Waals surface area contributed by atoms with Crippen LogP contribution in [0.2, 0.25) is 0 Å². The molecule has 0 unspecified atom stereocenters. The number of halogens is 1. The summed E-state index contributed by atoms with van der Waals surface area (Å²) >= 11 is 0. The molecule has 1 heterocycles. The van der Waals surface area contributed by atoms with Crippen LogP contribution in [0.25, 0.3) is 0 Å². The average Bonchev–Trinajstić information content (AvgIpc) is 2.80. The molecule has 8 heteroatoms. The fraction of sp³-hybridized carbons (Fsp3) is 0.708. The largest absolute Gasteiger partial charge is 0.382 e. The molecule has 1 aromatic rings. The molecule has 1 fully saturated rings. The van der Waals surface area contributed by atoms with Gasteiger partial charge < -0.3 is 24.8 Å². The normalized spacial score (nSPS) is 15.4. The van der Waals surface area contributed by atoms with Crippen molar-refractivity contribution in [2.75, 3.05) is 66.3 Å². The third-order valence-corrected chi connectivity index (χ3v) is 5.24. The van der Waals surface area contributed by atoms with Crippen LogP contribution in [-0.2, 0) is 20.8 Å². The van der Waals surface area contributed by atoms with Crippen molar-refractivity contribution in [3.8, 4) is 0 Å². The summed E-state index contributed by atoms with van der Waals surface area (Å²) in [5.74, 6) is 0.869. The zero-order chi connectivity index (χ0) is 22.0. The minimum atomic E-state index is 0. The van der Waals surface area contributed by atoms with E-state index in [0.717, 1.165) is 77.5 Å². The molecule has 2 N–H and O–H groups in total. The van der Waals surface area contributed by atoms with Crippen molar-refractivity contribution in [2.24, 2.45) is 4.99 Å². The predicted molar refractivity (Wildman–Crippen MR) is 142 cm³/mol. The summed E-state index contributed by atoms with van der Waals surface area (Å²) in [5, 5.41) is 6.68. The quantitative estimate of drug-likeness (QED) is 0.148. The monoisotopic (exact) mass is 562 g/mol. The maximum absolute atomic E-state index is 6.11. The first-order valence-corrected chi connectivity index (χ1v) is 11.8. The van der Waals surface area contributed by atoms with Gasteiger partial charge in [0.05, 0.1) is 19.3 Å². The number of nitrogens with zero attached hydrogens (tertiary/aromatic N) is 2. The van der Waals surface area contributed by atoms with E-state index in [4.69, 9.17) is 14.2 Å². The lowest BCUT2D eigenvalue weighted by molar-refractivity contribution is 0.00534. The molecule has 7 nitrogen and oxygen atoms in total. The van der Waals surface area contributed by atoms with Gasteiger partial charge in [0.2, 0.25) is 0 Å². The fourth-order valence-electron chi connectivity index (χ4n) is 3.55. The van der Waals surface area contributed by atoms with Gasteiger partial charge in [-0.2, -0.15) is 0 Å². The van der Waals surface area contributed by atoms with Crippen molar-refractivity contribution >= 4 is 29.9 Å². The number of methoxy groups -OCH3 is 1. The van der Waals surface area contributed by atoms with Crippen LogP contribution in [-0.4, -0.2) is 83.2 Å². The zero-order valence-corrected chi connectivity index (χ0v) is 22.2. The number of rotatable bonds is 15. The Hall–Kier alpha value is -0.940. The fourth-order valence-corrected chi connectivity index (χ4v) is 3.55. The third kappa shape index (κ3) is 13.6. The number of piperidine rings is 1. The van der Waals surface area contributed by atoms with E-state index in [1.807, 2.05) is 0 Å². The SMILES string of the molecule is CCNC(=NCCCOCCOC)NCCCOC1CCN(Cc2ccccc2)CC1.I. The topological polar surface area (TPSA) is 67.4 Å². The van der Waals surface area contributed by atoms with E-state index in [9.17, 15) is 0 Å².